The second-order valence-electron chi connectivity index (χ2n) is 5.92. The number of carbonyl (C=O) groups excluding carboxylic acids is 2. The Morgan fingerprint density at radius 3 is 2.15 bits per heavy atom. The van der Waals surface area contributed by atoms with Gasteiger partial charge in [-0.3, -0.25) is 9.59 Å². The van der Waals surface area contributed by atoms with Gasteiger partial charge in [-0.15, -0.1) is 0 Å². The molecule has 0 heterocycles. The van der Waals surface area contributed by atoms with E-state index in [0.717, 1.165) is 25.7 Å². The summed E-state index contributed by atoms with van der Waals surface area (Å²) in [6.45, 7) is 6.41. The molecule has 0 aliphatic rings. The molecule has 0 aliphatic carbocycles. The lowest BCUT2D eigenvalue weighted by molar-refractivity contribution is -0.310. The van der Waals surface area contributed by atoms with Gasteiger partial charge in [0.15, 0.2) is 9.76 Å². The topological polar surface area (TPSA) is 92.3 Å². The molecule has 154 valence electrons. The van der Waals surface area contributed by atoms with Crippen LogP contribution >= 0.6 is 0 Å². The summed E-state index contributed by atoms with van der Waals surface area (Å²) in [6, 6.07) is -0.742. The molecule has 1 N–H and O–H groups in total. The predicted octanol–water partition coefficient (Wildman–Crippen LogP) is 1.05. The smallest absolute Gasteiger partial charge is 0.323 e. The van der Waals surface area contributed by atoms with Crippen LogP contribution in [-0.2, 0) is 33.0 Å². The van der Waals surface area contributed by atoms with Crippen LogP contribution in [0, 0.1) is 0 Å². The van der Waals surface area contributed by atoms with Gasteiger partial charge in [0.1, 0.15) is 6.04 Å². The molecule has 0 bridgehead atoms. The van der Waals surface area contributed by atoms with Gasteiger partial charge in [0.25, 0.3) is 5.97 Å². The van der Waals surface area contributed by atoms with Crippen molar-refractivity contribution in [3.63, 3.8) is 0 Å². The molecule has 0 aliphatic heterocycles. The monoisotopic (exact) mass is 393 g/mol. The van der Waals surface area contributed by atoms with Gasteiger partial charge in [0, 0.05) is 27.3 Å². The molecular weight excluding hydrogens is 358 g/mol. The molecule has 8 nitrogen and oxygen atoms in total. The van der Waals surface area contributed by atoms with Gasteiger partial charge in [-0.2, -0.15) is 0 Å². The first kappa shape index (κ1) is 25.0. The lowest BCUT2D eigenvalue weighted by atomic mass is 10.2. The first-order valence-electron chi connectivity index (χ1n) is 9.22. The van der Waals surface area contributed by atoms with Gasteiger partial charge in [0.2, 0.25) is 0 Å². The number of carbonyl (C=O) groups is 2. The summed E-state index contributed by atoms with van der Waals surface area (Å²) in [5.41, 5.74) is 0. The molecule has 0 saturated carbocycles. The number of nitrogens with one attached hydrogen (secondary N) is 1. The van der Waals surface area contributed by atoms with Crippen LogP contribution in [0.5, 0.6) is 0 Å². The second-order valence-corrected chi connectivity index (χ2v) is 7.12. The standard InChI is InChI=1S/C17H35NO7Si/c1-6-8-10-23-15(19)12-14(16(20)24-11-9-7-2)18-13-26-25-17(3,21-4)22-5/h14,18H,6-13,26H2,1-5H3. The van der Waals surface area contributed by atoms with E-state index in [0.29, 0.717) is 19.4 Å². The predicted molar refractivity (Wildman–Crippen MR) is 100 cm³/mol. The van der Waals surface area contributed by atoms with E-state index in [-0.39, 0.29) is 6.42 Å². The molecular formula is C17H35NO7Si. The summed E-state index contributed by atoms with van der Waals surface area (Å²) in [7, 11) is 1.90. The van der Waals surface area contributed by atoms with E-state index in [1.807, 2.05) is 13.8 Å². The third-order valence-electron chi connectivity index (χ3n) is 3.76. The Bertz CT molecular complexity index is 391. The number of unbranched alkanes of at least 4 members (excludes halogenated alkanes) is 2. The molecule has 1 atom stereocenters. The summed E-state index contributed by atoms with van der Waals surface area (Å²) < 4.78 is 26.2. The van der Waals surface area contributed by atoms with Crippen molar-refractivity contribution in [3.8, 4) is 0 Å². The molecule has 0 amide bonds. The largest absolute Gasteiger partial charge is 0.466 e. The van der Waals surface area contributed by atoms with Crippen LogP contribution in [0.3, 0.4) is 0 Å². The highest BCUT2D eigenvalue weighted by Gasteiger charge is 2.26. The zero-order valence-corrected chi connectivity index (χ0v) is 18.2. The van der Waals surface area contributed by atoms with Crippen LogP contribution in [0.4, 0.5) is 0 Å². The SMILES string of the molecule is CCCCOC(=O)CC(NC[SiH2]OC(C)(OC)OC)C(=O)OCCCC. The fraction of sp³-hybridized carbons (Fsp3) is 0.882. The highest BCUT2D eigenvalue weighted by atomic mass is 28.2. The van der Waals surface area contributed by atoms with E-state index in [2.05, 4.69) is 5.32 Å². The number of esters is 2. The number of rotatable bonds is 16. The fourth-order valence-electron chi connectivity index (χ4n) is 1.88. The highest BCUT2D eigenvalue weighted by molar-refractivity contribution is 6.27. The minimum atomic E-state index is -1.09. The average Bonchev–Trinajstić information content (AvgIpc) is 2.64. The number of hydrogen-bond acceptors (Lipinski definition) is 8. The Balaban J connectivity index is 4.47. The van der Waals surface area contributed by atoms with Crippen molar-refractivity contribution in [1.29, 1.82) is 0 Å². The Kier molecular flexibility index (Phi) is 14.5. The summed E-state index contributed by atoms with van der Waals surface area (Å²) in [4.78, 5) is 24.1. The van der Waals surface area contributed by atoms with Crippen LogP contribution in [0.25, 0.3) is 0 Å². The molecule has 0 rings (SSSR count). The highest BCUT2D eigenvalue weighted by Crippen LogP contribution is 2.10. The van der Waals surface area contributed by atoms with E-state index in [9.17, 15) is 9.59 Å². The van der Waals surface area contributed by atoms with Gasteiger partial charge in [-0.05, 0) is 12.8 Å². The minimum absolute atomic E-state index is 0.0606. The molecule has 26 heavy (non-hydrogen) atoms. The van der Waals surface area contributed by atoms with Crippen LogP contribution in [0.2, 0.25) is 0 Å². The molecule has 0 fully saturated rings. The van der Waals surface area contributed by atoms with Gasteiger partial charge in [0.05, 0.1) is 19.6 Å². The van der Waals surface area contributed by atoms with Crippen LogP contribution in [-0.4, -0.2) is 67.3 Å². The van der Waals surface area contributed by atoms with E-state index >= 15 is 0 Å². The van der Waals surface area contributed by atoms with Gasteiger partial charge in [-0.25, -0.2) is 0 Å². The summed E-state index contributed by atoms with van der Waals surface area (Å²) in [6.07, 6.45) is 3.86. The molecule has 0 aromatic rings. The Labute approximate surface area is 159 Å². The fourth-order valence-corrected chi connectivity index (χ4v) is 3.06. The van der Waals surface area contributed by atoms with Gasteiger partial charge < -0.3 is 28.7 Å². The summed E-state index contributed by atoms with van der Waals surface area (Å²) in [5, 5.41) is 3.04. The minimum Gasteiger partial charge on any atom is -0.466 e. The number of hydrogen-bond donors (Lipinski definition) is 1. The molecule has 0 radical (unpaired) electrons. The van der Waals surface area contributed by atoms with Crippen LogP contribution in [0.1, 0.15) is 52.9 Å². The molecule has 0 saturated heterocycles. The maximum Gasteiger partial charge on any atom is 0.323 e. The van der Waals surface area contributed by atoms with Crippen molar-refractivity contribution < 1.29 is 33.0 Å². The van der Waals surface area contributed by atoms with Crippen molar-refractivity contribution in [2.75, 3.05) is 33.6 Å². The zero-order chi connectivity index (χ0) is 19.8. The van der Waals surface area contributed by atoms with Gasteiger partial charge >= 0.3 is 11.9 Å². The first-order chi connectivity index (χ1) is 12.4. The third-order valence-corrected chi connectivity index (χ3v) is 4.98. The van der Waals surface area contributed by atoms with Gasteiger partial charge in [-0.1, -0.05) is 26.7 Å². The lowest BCUT2D eigenvalue weighted by Crippen LogP contribution is -2.44. The Morgan fingerprint density at radius 1 is 1.04 bits per heavy atom. The first-order valence-corrected chi connectivity index (χ1v) is 10.8. The van der Waals surface area contributed by atoms with E-state index < -0.39 is 33.7 Å². The molecule has 0 aromatic carbocycles. The number of methoxy groups -OCH3 is 2. The summed E-state index contributed by atoms with van der Waals surface area (Å²) in [5.74, 6) is -1.95. The molecule has 1 unspecified atom stereocenters. The Hall–Kier alpha value is -1.00. The van der Waals surface area contributed by atoms with Crippen molar-refractivity contribution in [2.45, 2.75) is 64.9 Å². The maximum absolute atomic E-state index is 12.2. The van der Waals surface area contributed by atoms with Crippen LogP contribution < -0.4 is 5.32 Å². The van der Waals surface area contributed by atoms with Crippen molar-refractivity contribution >= 4 is 21.7 Å². The van der Waals surface area contributed by atoms with Crippen molar-refractivity contribution in [2.24, 2.45) is 0 Å². The molecule has 0 aromatic heterocycles. The lowest BCUT2D eigenvalue weighted by Gasteiger charge is -2.27. The normalized spacial score (nSPS) is 13.1. The molecule has 9 heteroatoms. The third kappa shape index (κ3) is 11.6. The molecule has 0 spiro atoms. The number of ether oxygens (including phenoxy) is 4. The maximum atomic E-state index is 12.2. The summed E-state index contributed by atoms with van der Waals surface area (Å²) >= 11 is 0. The van der Waals surface area contributed by atoms with Crippen LogP contribution in [0.15, 0.2) is 0 Å². The van der Waals surface area contributed by atoms with E-state index in [4.69, 9.17) is 23.4 Å². The second kappa shape index (κ2) is 15.1. The van der Waals surface area contributed by atoms with E-state index in [1.165, 1.54) is 14.2 Å². The van der Waals surface area contributed by atoms with Crippen molar-refractivity contribution in [3.05, 3.63) is 0 Å². The quantitative estimate of drug-likeness (QED) is 0.180. The average molecular weight is 394 g/mol. The zero-order valence-electron chi connectivity index (χ0n) is 16.8. The Morgan fingerprint density at radius 2 is 1.62 bits per heavy atom. The van der Waals surface area contributed by atoms with E-state index in [1.54, 1.807) is 6.92 Å². The van der Waals surface area contributed by atoms with Crippen molar-refractivity contribution in [1.82, 2.24) is 5.32 Å².